The molecule has 1 aromatic heterocycles. The fourth-order valence-electron chi connectivity index (χ4n) is 1.26. The van der Waals surface area contributed by atoms with E-state index in [0.717, 1.165) is 4.47 Å². The van der Waals surface area contributed by atoms with Gasteiger partial charge in [-0.1, -0.05) is 0 Å². The first-order valence-electron chi connectivity index (χ1n) is 4.66. The third-order valence-electron chi connectivity index (χ3n) is 2.11. The van der Waals surface area contributed by atoms with Gasteiger partial charge in [0.25, 0.3) is 5.91 Å². The molecule has 0 aromatic carbocycles. The van der Waals surface area contributed by atoms with Gasteiger partial charge in [0.1, 0.15) is 11.7 Å². The van der Waals surface area contributed by atoms with Crippen LogP contribution in [0.4, 0.5) is 0 Å². The van der Waals surface area contributed by atoms with Crippen LogP contribution in [0.15, 0.2) is 16.7 Å². The molecule has 1 N–H and O–H groups in total. The van der Waals surface area contributed by atoms with Gasteiger partial charge in [-0.05, 0) is 28.9 Å². The van der Waals surface area contributed by atoms with Gasteiger partial charge in [-0.2, -0.15) is 0 Å². The summed E-state index contributed by atoms with van der Waals surface area (Å²) in [5, 5.41) is 2.55. The number of methoxy groups -OCH3 is 1. The van der Waals surface area contributed by atoms with Gasteiger partial charge in [-0.15, -0.1) is 0 Å². The number of rotatable bonds is 3. The topological polar surface area (TPSA) is 60.3 Å². The molecule has 0 aliphatic carbocycles. The Morgan fingerprint density at radius 2 is 2.19 bits per heavy atom. The molecule has 1 heterocycles. The number of aryl methyl sites for hydroxylation is 1. The molecule has 88 valence electrons. The van der Waals surface area contributed by atoms with Gasteiger partial charge in [-0.25, -0.2) is 4.79 Å². The van der Waals surface area contributed by atoms with E-state index in [-0.39, 0.29) is 5.91 Å². The summed E-state index contributed by atoms with van der Waals surface area (Å²) in [6, 6.07) is 1.02. The van der Waals surface area contributed by atoms with Crippen LogP contribution in [-0.4, -0.2) is 29.6 Å². The SMILES string of the molecule is COC(=O)C(C)NC(=O)c1cc(Br)cn1C. The number of nitrogens with zero attached hydrogens (tertiary/aromatic N) is 1. The Morgan fingerprint density at radius 3 is 2.62 bits per heavy atom. The number of hydrogen-bond acceptors (Lipinski definition) is 3. The second-order valence-corrected chi connectivity index (χ2v) is 4.29. The number of amides is 1. The molecule has 1 unspecified atom stereocenters. The number of carbonyl (C=O) groups is 2. The van der Waals surface area contributed by atoms with Gasteiger partial charge in [0.2, 0.25) is 0 Å². The molecule has 1 amide bonds. The molecule has 5 nitrogen and oxygen atoms in total. The quantitative estimate of drug-likeness (QED) is 0.847. The van der Waals surface area contributed by atoms with Crippen LogP contribution in [0.3, 0.4) is 0 Å². The van der Waals surface area contributed by atoms with Crippen LogP contribution in [0.1, 0.15) is 17.4 Å². The summed E-state index contributed by atoms with van der Waals surface area (Å²) in [6.07, 6.45) is 1.76. The number of hydrogen-bond donors (Lipinski definition) is 1. The van der Waals surface area contributed by atoms with Crippen molar-refractivity contribution in [2.75, 3.05) is 7.11 Å². The zero-order valence-corrected chi connectivity index (χ0v) is 10.9. The van der Waals surface area contributed by atoms with Crippen LogP contribution in [0.2, 0.25) is 0 Å². The van der Waals surface area contributed by atoms with E-state index in [1.165, 1.54) is 7.11 Å². The third-order valence-corrected chi connectivity index (χ3v) is 2.54. The maximum Gasteiger partial charge on any atom is 0.328 e. The first-order valence-corrected chi connectivity index (χ1v) is 5.45. The lowest BCUT2D eigenvalue weighted by atomic mass is 10.3. The van der Waals surface area contributed by atoms with Crippen molar-refractivity contribution in [3.05, 3.63) is 22.4 Å². The molecule has 1 rings (SSSR count). The lowest BCUT2D eigenvalue weighted by Gasteiger charge is -2.11. The molecule has 0 aliphatic heterocycles. The highest BCUT2D eigenvalue weighted by Crippen LogP contribution is 2.13. The number of ether oxygens (including phenoxy) is 1. The Morgan fingerprint density at radius 1 is 1.56 bits per heavy atom. The number of nitrogens with one attached hydrogen (secondary N) is 1. The lowest BCUT2D eigenvalue weighted by molar-refractivity contribution is -0.142. The van der Waals surface area contributed by atoms with Gasteiger partial charge < -0.3 is 14.6 Å². The maximum absolute atomic E-state index is 11.7. The average Bonchev–Trinajstić information content (AvgIpc) is 2.56. The van der Waals surface area contributed by atoms with Crippen molar-refractivity contribution in [3.63, 3.8) is 0 Å². The molecule has 0 aliphatic rings. The van der Waals surface area contributed by atoms with Crippen molar-refractivity contribution >= 4 is 27.8 Å². The van der Waals surface area contributed by atoms with E-state index in [2.05, 4.69) is 26.0 Å². The standard InChI is InChI=1S/C10H13BrN2O3/c1-6(10(15)16-3)12-9(14)8-4-7(11)5-13(8)2/h4-6H,1-3H3,(H,12,14). The highest BCUT2D eigenvalue weighted by molar-refractivity contribution is 9.10. The summed E-state index contributed by atoms with van der Waals surface area (Å²) in [5.41, 5.74) is 0.475. The Hall–Kier alpha value is -1.30. The molecule has 1 atom stereocenters. The van der Waals surface area contributed by atoms with Crippen LogP contribution in [0, 0.1) is 0 Å². The molecule has 6 heteroatoms. The van der Waals surface area contributed by atoms with Crippen LogP contribution in [0.5, 0.6) is 0 Å². The van der Waals surface area contributed by atoms with Crippen molar-refractivity contribution in [2.24, 2.45) is 7.05 Å². The smallest absolute Gasteiger partial charge is 0.328 e. The van der Waals surface area contributed by atoms with Crippen molar-refractivity contribution in [3.8, 4) is 0 Å². The van der Waals surface area contributed by atoms with E-state index < -0.39 is 12.0 Å². The van der Waals surface area contributed by atoms with Crippen LogP contribution in [0.25, 0.3) is 0 Å². The molecule has 0 saturated carbocycles. The average molecular weight is 289 g/mol. The molecular weight excluding hydrogens is 276 g/mol. The lowest BCUT2D eigenvalue weighted by Crippen LogP contribution is -2.39. The summed E-state index contributed by atoms with van der Waals surface area (Å²) in [7, 11) is 3.03. The second-order valence-electron chi connectivity index (χ2n) is 3.37. The monoisotopic (exact) mass is 288 g/mol. The number of halogens is 1. The minimum atomic E-state index is -0.661. The summed E-state index contributed by atoms with van der Waals surface area (Å²) >= 11 is 3.27. The van der Waals surface area contributed by atoms with Gasteiger partial charge in [0.05, 0.1) is 7.11 Å². The maximum atomic E-state index is 11.7. The van der Waals surface area contributed by atoms with Crippen LogP contribution >= 0.6 is 15.9 Å². The minimum Gasteiger partial charge on any atom is -0.467 e. The van der Waals surface area contributed by atoms with Crippen molar-refractivity contribution in [1.29, 1.82) is 0 Å². The van der Waals surface area contributed by atoms with E-state index in [9.17, 15) is 9.59 Å². The minimum absolute atomic E-state index is 0.314. The fraction of sp³-hybridized carbons (Fsp3) is 0.400. The third kappa shape index (κ3) is 2.85. The van der Waals surface area contributed by atoms with Gasteiger partial charge in [0.15, 0.2) is 0 Å². The van der Waals surface area contributed by atoms with E-state index in [0.29, 0.717) is 5.69 Å². The molecule has 0 radical (unpaired) electrons. The number of aromatic nitrogens is 1. The van der Waals surface area contributed by atoms with E-state index >= 15 is 0 Å². The fourth-order valence-corrected chi connectivity index (χ4v) is 1.78. The van der Waals surface area contributed by atoms with Crippen molar-refractivity contribution in [1.82, 2.24) is 9.88 Å². The zero-order valence-electron chi connectivity index (χ0n) is 9.28. The zero-order chi connectivity index (χ0) is 12.3. The normalized spacial score (nSPS) is 12.0. The predicted octanol–water partition coefficient (Wildman–Crippen LogP) is 1.08. The summed E-state index contributed by atoms with van der Waals surface area (Å²) in [6.45, 7) is 1.57. The Labute approximate surface area is 102 Å². The van der Waals surface area contributed by atoms with Crippen LogP contribution in [-0.2, 0) is 16.6 Å². The van der Waals surface area contributed by atoms with Gasteiger partial charge >= 0.3 is 5.97 Å². The molecular formula is C10H13BrN2O3. The Balaban J connectivity index is 2.73. The number of esters is 1. The summed E-state index contributed by atoms with van der Waals surface area (Å²) in [4.78, 5) is 22.9. The largest absolute Gasteiger partial charge is 0.467 e. The molecule has 1 aromatic rings. The number of carbonyl (C=O) groups excluding carboxylic acids is 2. The van der Waals surface area contributed by atoms with Gasteiger partial charge in [0, 0.05) is 17.7 Å². The Bertz CT molecular complexity index is 414. The first-order chi connectivity index (χ1) is 7.45. The van der Waals surface area contributed by atoms with Gasteiger partial charge in [-0.3, -0.25) is 4.79 Å². The molecule has 0 fully saturated rings. The van der Waals surface area contributed by atoms with Crippen LogP contribution < -0.4 is 5.32 Å². The molecule has 0 saturated heterocycles. The Kier molecular flexibility index (Phi) is 4.12. The molecule has 0 bridgehead atoms. The molecule has 0 spiro atoms. The van der Waals surface area contributed by atoms with Crippen molar-refractivity contribution < 1.29 is 14.3 Å². The predicted molar refractivity (Wildman–Crippen MR) is 62.1 cm³/mol. The van der Waals surface area contributed by atoms with E-state index in [4.69, 9.17) is 0 Å². The highest BCUT2D eigenvalue weighted by atomic mass is 79.9. The highest BCUT2D eigenvalue weighted by Gasteiger charge is 2.18. The first kappa shape index (κ1) is 12.8. The van der Waals surface area contributed by atoms with E-state index in [1.807, 2.05) is 0 Å². The molecule has 16 heavy (non-hydrogen) atoms. The summed E-state index contributed by atoms with van der Waals surface area (Å²) in [5.74, 6) is -0.785. The summed E-state index contributed by atoms with van der Waals surface area (Å²) < 4.78 is 7.00. The van der Waals surface area contributed by atoms with E-state index in [1.54, 1.807) is 30.8 Å². The van der Waals surface area contributed by atoms with Crippen molar-refractivity contribution in [2.45, 2.75) is 13.0 Å². The second kappa shape index (κ2) is 5.16.